The van der Waals surface area contributed by atoms with Gasteiger partial charge >= 0.3 is 0 Å². The molecule has 2 atom stereocenters. The van der Waals surface area contributed by atoms with E-state index >= 15 is 0 Å². The summed E-state index contributed by atoms with van der Waals surface area (Å²) in [5, 5.41) is 10.3. The van der Waals surface area contributed by atoms with Gasteiger partial charge in [-0.25, -0.2) is 0 Å². The molecule has 2 nitrogen and oxygen atoms in total. The van der Waals surface area contributed by atoms with Gasteiger partial charge in [0.2, 0.25) is 0 Å². The van der Waals surface area contributed by atoms with Crippen LogP contribution in [0.2, 0.25) is 0 Å². The normalized spacial score (nSPS) is 26.6. The van der Waals surface area contributed by atoms with Crippen LogP contribution in [0.5, 0.6) is 0 Å². The highest BCUT2D eigenvalue weighted by Crippen LogP contribution is 2.36. The van der Waals surface area contributed by atoms with Gasteiger partial charge in [0.25, 0.3) is 0 Å². The molecule has 2 fully saturated rings. The van der Waals surface area contributed by atoms with Gasteiger partial charge in [-0.1, -0.05) is 30.7 Å². The SMILES string of the molecule is OC(c1ccc(C2CCC2)cc1)C1CSCCO1. The van der Waals surface area contributed by atoms with E-state index in [0.717, 1.165) is 29.6 Å². The fraction of sp³-hybridized carbons (Fsp3) is 0.600. The van der Waals surface area contributed by atoms with Crippen LogP contribution in [-0.2, 0) is 4.74 Å². The van der Waals surface area contributed by atoms with Crippen LogP contribution in [0.1, 0.15) is 42.4 Å². The van der Waals surface area contributed by atoms with E-state index in [-0.39, 0.29) is 6.10 Å². The molecule has 1 saturated heterocycles. The maximum atomic E-state index is 10.3. The quantitative estimate of drug-likeness (QED) is 0.909. The number of aliphatic hydroxyl groups is 1. The van der Waals surface area contributed by atoms with E-state index in [9.17, 15) is 5.11 Å². The fourth-order valence-corrected chi connectivity index (χ4v) is 3.50. The van der Waals surface area contributed by atoms with Crippen molar-refractivity contribution in [1.29, 1.82) is 0 Å². The number of thioether (sulfide) groups is 1. The van der Waals surface area contributed by atoms with Gasteiger partial charge in [-0.05, 0) is 29.9 Å². The average molecular weight is 264 g/mol. The van der Waals surface area contributed by atoms with E-state index in [0.29, 0.717) is 0 Å². The first-order valence-corrected chi connectivity index (χ1v) is 7.97. The van der Waals surface area contributed by atoms with Crippen LogP contribution in [0.4, 0.5) is 0 Å². The largest absolute Gasteiger partial charge is 0.386 e. The molecule has 3 rings (SSSR count). The number of rotatable bonds is 3. The van der Waals surface area contributed by atoms with Crippen LogP contribution in [-0.4, -0.2) is 29.3 Å². The smallest absolute Gasteiger partial charge is 0.106 e. The van der Waals surface area contributed by atoms with E-state index in [1.807, 2.05) is 11.8 Å². The molecular formula is C15H20O2S. The topological polar surface area (TPSA) is 29.5 Å². The second-order valence-corrected chi connectivity index (χ2v) is 6.37. The highest BCUT2D eigenvalue weighted by atomic mass is 32.2. The summed E-state index contributed by atoms with van der Waals surface area (Å²) in [6.07, 6.45) is 3.49. The number of ether oxygens (including phenoxy) is 1. The Balaban J connectivity index is 1.67. The van der Waals surface area contributed by atoms with Crippen LogP contribution in [0.25, 0.3) is 0 Å². The molecule has 0 spiro atoms. The lowest BCUT2D eigenvalue weighted by atomic mass is 9.80. The summed E-state index contributed by atoms with van der Waals surface area (Å²) in [4.78, 5) is 0. The molecule has 0 amide bonds. The minimum absolute atomic E-state index is 0.0432. The minimum atomic E-state index is -0.478. The highest BCUT2D eigenvalue weighted by Gasteiger charge is 2.25. The summed E-state index contributed by atoms with van der Waals surface area (Å²) in [5.74, 6) is 2.70. The number of benzene rings is 1. The Morgan fingerprint density at radius 2 is 2.00 bits per heavy atom. The maximum absolute atomic E-state index is 10.3. The van der Waals surface area contributed by atoms with Gasteiger partial charge in [0, 0.05) is 11.5 Å². The lowest BCUT2D eigenvalue weighted by Gasteiger charge is -2.28. The summed E-state index contributed by atoms with van der Waals surface area (Å²) in [5.41, 5.74) is 2.42. The van der Waals surface area contributed by atoms with E-state index in [1.54, 1.807) is 0 Å². The van der Waals surface area contributed by atoms with Crippen LogP contribution >= 0.6 is 11.8 Å². The molecule has 1 saturated carbocycles. The van der Waals surface area contributed by atoms with Crippen molar-refractivity contribution < 1.29 is 9.84 Å². The molecule has 1 aliphatic heterocycles. The van der Waals surface area contributed by atoms with E-state index in [2.05, 4.69) is 24.3 Å². The second kappa shape index (κ2) is 5.64. The van der Waals surface area contributed by atoms with E-state index in [4.69, 9.17) is 4.74 Å². The van der Waals surface area contributed by atoms with Gasteiger partial charge in [0.05, 0.1) is 12.7 Å². The van der Waals surface area contributed by atoms with Gasteiger partial charge in [-0.2, -0.15) is 11.8 Å². The van der Waals surface area contributed by atoms with Crippen LogP contribution in [0, 0.1) is 0 Å². The number of aliphatic hydroxyl groups excluding tert-OH is 1. The molecular weight excluding hydrogens is 244 g/mol. The zero-order valence-corrected chi connectivity index (χ0v) is 11.4. The molecule has 1 heterocycles. The van der Waals surface area contributed by atoms with Crippen molar-refractivity contribution in [2.24, 2.45) is 0 Å². The molecule has 3 heteroatoms. The Kier molecular flexibility index (Phi) is 3.92. The standard InChI is InChI=1S/C15H20O2S/c16-15(14-10-18-9-8-17-14)13-6-4-12(5-7-13)11-2-1-3-11/h4-7,11,14-16H,1-3,8-10H2. The van der Waals surface area contributed by atoms with Gasteiger partial charge in [0.15, 0.2) is 0 Å². The predicted molar refractivity (Wildman–Crippen MR) is 75.1 cm³/mol. The van der Waals surface area contributed by atoms with Crippen molar-refractivity contribution >= 4 is 11.8 Å². The summed E-state index contributed by atoms with van der Waals surface area (Å²) in [6, 6.07) is 8.50. The van der Waals surface area contributed by atoms with Crippen molar-refractivity contribution in [2.45, 2.75) is 37.4 Å². The zero-order chi connectivity index (χ0) is 12.4. The fourth-order valence-electron chi connectivity index (χ4n) is 2.61. The third-order valence-electron chi connectivity index (χ3n) is 4.05. The Labute approximate surface area is 113 Å². The minimum Gasteiger partial charge on any atom is -0.386 e. The summed E-state index contributed by atoms with van der Waals surface area (Å²) in [6.45, 7) is 0.756. The van der Waals surface area contributed by atoms with Crippen LogP contribution in [0.3, 0.4) is 0 Å². The molecule has 1 aliphatic carbocycles. The molecule has 98 valence electrons. The first-order valence-electron chi connectivity index (χ1n) is 6.82. The zero-order valence-electron chi connectivity index (χ0n) is 10.5. The Morgan fingerprint density at radius 1 is 1.22 bits per heavy atom. The molecule has 0 radical (unpaired) electrons. The lowest BCUT2D eigenvalue weighted by Crippen LogP contribution is -2.29. The first kappa shape index (κ1) is 12.5. The summed E-state index contributed by atoms with van der Waals surface area (Å²) in [7, 11) is 0. The van der Waals surface area contributed by atoms with Crippen molar-refractivity contribution in [2.75, 3.05) is 18.1 Å². The van der Waals surface area contributed by atoms with Crippen LogP contribution < -0.4 is 0 Å². The molecule has 1 aromatic rings. The molecule has 2 aliphatic rings. The highest BCUT2D eigenvalue weighted by molar-refractivity contribution is 7.99. The Morgan fingerprint density at radius 3 is 2.56 bits per heavy atom. The second-order valence-electron chi connectivity index (χ2n) is 5.22. The lowest BCUT2D eigenvalue weighted by molar-refractivity contribution is -0.0227. The Bertz CT molecular complexity index is 380. The van der Waals surface area contributed by atoms with Crippen molar-refractivity contribution in [3.8, 4) is 0 Å². The van der Waals surface area contributed by atoms with Gasteiger partial charge in [-0.3, -0.25) is 0 Å². The molecule has 0 bridgehead atoms. The third-order valence-corrected chi connectivity index (χ3v) is 5.07. The van der Waals surface area contributed by atoms with Gasteiger partial charge < -0.3 is 9.84 Å². The summed E-state index contributed by atoms with van der Waals surface area (Å²) < 4.78 is 5.63. The molecule has 2 unspecified atom stereocenters. The van der Waals surface area contributed by atoms with E-state index < -0.39 is 6.10 Å². The number of hydrogen-bond donors (Lipinski definition) is 1. The molecule has 1 aromatic carbocycles. The van der Waals surface area contributed by atoms with Crippen molar-refractivity contribution in [3.63, 3.8) is 0 Å². The maximum Gasteiger partial charge on any atom is 0.106 e. The van der Waals surface area contributed by atoms with Crippen molar-refractivity contribution in [1.82, 2.24) is 0 Å². The third kappa shape index (κ3) is 2.58. The first-order chi connectivity index (χ1) is 8.84. The van der Waals surface area contributed by atoms with Crippen LogP contribution in [0.15, 0.2) is 24.3 Å². The van der Waals surface area contributed by atoms with Gasteiger partial charge in [0.1, 0.15) is 6.10 Å². The number of hydrogen-bond acceptors (Lipinski definition) is 3. The predicted octanol–water partition coefficient (Wildman–Crippen LogP) is 3.12. The molecule has 0 aromatic heterocycles. The molecule has 1 N–H and O–H groups in total. The van der Waals surface area contributed by atoms with Crippen molar-refractivity contribution in [3.05, 3.63) is 35.4 Å². The molecule has 18 heavy (non-hydrogen) atoms. The van der Waals surface area contributed by atoms with E-state index in [1.165, 1.54) is 24.8 Å². The summed E-state index contributed by atoms with van der Waals surface area (Å²) >= 11 is 1.86. The van der Waals surface area contributed by atoms with Gasteiger partial charge in [-0.15, -0.1) is 0 Å². The average Bonchev–Trinajstić information content (AvgIpc) is 2.38. The monoisotopic (exact) mass is 264 g/mol. The Hall–Kier alpha value is -0.510.